The van der Waals surface area contributed by atoms with E-state index in [0.717, 1.165) is 11.1 Å². The normalized spacial score (nSPS) is 17.5. The molecule has 202 valence electrons. The SMILES string of the molecule is Cc1ccc(-c2ccc(/C=C3\CC(C)C/C(=C\c4ccc(-c5ccc(C)cc5[N+](=O)[O-])o4)C3=O)o2)c([N+](=O)[O-])c1. The van der Waals surface area contributed by atoms with E-state index in [2.05, 4.69) is 0 Å². The van der Waals surface area contributed by atoms with E-state index < -0.39 is 9.85 Å². The van der Waals surface area contributed by atoms with Crippen molar-refractivity contribution in [3.63, 3.8) is 0 Å². The van der Waals surface area contributed by atoms with Crippen molar-refractivity contribution in [2.45, 2.75) is 33.6 Å². The summed E-state index contributed by atoms with van der Waals surface area (Å²) in [5, 5.41) is 23.1. The summed E-state index contributed by atoms with van der Waals surface area (Å²) >= 11 is 0. The van der Waals surface area contributed by atoms with E-state index in [-0.39, 0.29) is 23.1 Å². The predicted molar refractivity (Wildman–Crippen MR) is 150 cm³/mol. The Hall–Kier alpha value is -5.05. The Morgan fingerprint density at radius 1 is 0.725 bits per heavy atom. The number of nitro benzene ring substituents is 2. The number of nitrogens with zero attached hydrogens (tertiary/aromatic N) is 2. The Morgan fingerprint density at radius 2 is 1.15 bits per heavy atom. The minimum atomic E-state index is -0.441. The standard InChI is InChI=1S/C31H26N2O7/c1-18-4-8-25(27(14-18)32(35)36)29-10-6-23(39-29)16-21-12-20(3)13-22(31(21)34)17-24-7-11-30(40-24)26-9-5-19(2)15-28(26)33(37)38/h4-11,14-17,20H,12-13H2,1-3H3/b21-16+,22-17+. The van der Waals surface area contributed by atoms with Gasteiger partial charge in [0.05, 0.1) is 21.0 Å². The fraction of sp³-hybridized carbons (Fsp3) is 0.194. The van der Waals surface area contributed by atoms with Gasteiger partial charge in [-0.2, -0.15) is 0 Å². The van der Waals surface area contributed by atoms with Crippen LogP contribution in [0.5, 0.6) is 0 Å². The third-order valence-electron chi connectivity index (χ3n) is 6.84. The first-order valence-electron chi connectivity index (χ1n) is 12.8. The number of hydrogen-bond acceptors (Lipinski definition) is 7. The van der Waals surface area contributed by atoms with Gasteiger partial charge in [-0.25, -0.2) is 0 Å². The molecule has 0 bridgehead atoms. The fourth-order valence-corrected chi connectivity index (χ4v) is 4.96. The third-order valence-corrected chi connectivity index (χ3v) is 6.84. The molecule has 0 saturated heterocycles. The van der Waals surface area contributed by atoms with Gasteiger partial charge in [0, 0.05) is 23.3 Å². The van der Waals surface area contributed by atoms with Crippen LogP contribution >= 0.6 is 0 Å². The van der Waals surface area contributed by atoms with Gasteiger partial charge < -0.3 is 8.83 Å². The van der Waals surface area contributed by atoms with Crippen molar-refractivity contribution in [2.75, 3.05) is 0 Å². The molecule has 5 rings (SSSR count). The molecule has 0 amide bonds. The molecule has 1 aliphatic rings. The molecule has 0 N–H and O–H groups in total. The lowest BCUT2D eigenvalue weighted by molar-refractivity contribution is -0.384. The van der Waals surface area contributed by atoms with Crippen LogP contribution in [0.2, 0.25) is 0 Å². The van der Waals surface area contributed by atoms with Crippen molar-refractivity contribution in [3.05, 3.63) is 115 Å². The first-order chi connectivity index (χ1) is 19.1. The van der Waals surface area contributed by atoms with Gasteiger partial charge in [-0.3, -0.25) is 25.0 Å². The summed E-state index contributed by atoms with van der Waals surface area (Å²) in [6.07, 6.45) is 4.46. The lowest BCUT2D eigenvalue weighted by Gasteiger charge is -2.22. The molecule has 9 heteroatoms. The van der Waals surface area contributed by atoms with E-state index in [4.69, 9.17) is 8.83 Å². The molecule has 2 aromatic heterocycles. The van der Waals surface area contributed by atoms with Crippen molar-refractivity contribution >= 4 is 29.3 Å². The number of hydrogen-bond donors (Lipinski definition) is 0. The molecule has 1 saturated carbocycles. The number of carbonyl (C=O) groups is 1. The van der Waals surface area contributed by atoms with Crippen molar-refractivity contribution in [1.82, 2.24) is 0 Å². The number of allylic oxidation sites excluding steroid dienone is 2. The van der Waals surface area contributed by atoms with Crippen LogP contribution < -0.4 is 0 Å². The highest BCUT2D eigenvalue weighted by molar-refractivity contribution is 6.13. The van der Waals surface area contributed by atoms with Gasteiger partial charge in [-0.15, -0.1) is 0 Å². The summed E-state index contributed by atoms with van der Waals surface area (Å²) < 4.78 is 11.8. The van der Waals surface area contributed by atoms with Crippen molar-refractivity contribution in [3.8, 4) is 22.6 Å². The number of rotatable bonds is 6. The quantitative estimate of drug-likeness (QED) is 0.138. The molecular formula is C31H26N2O7. The summed E-state index contributed by atoms with van der Waals surface area (Å²) in [4.78, 5) is 35.6. The molecule has 40 heavy (non-hydrogen) atoms. The number of Topliss-reactive ketones (excluding diaryl/α,β-unsaturated/α-hetero) is 1. The summed E-state index contributed by atoms with van der Waals surface area (Å²) in [5.41, 5.74) is 3.30. The van der Waals surface area contributed by atoms with E-state index in [0.29, 0.717) is 58.2 Å². The van der Waals surface area contributed by atoms with Gasteiger partial charge in [0.2, 0.25) is 0 Å². The predicted octanol–water partition coefficient (Wildman–Crippen LogP) is 8.11. The van der Waals surface area contributed by atoms with Gasteiger partial charge in [-0.1, -0.05) is 19.1 Å². The Bertz CT molecular complexity index is 1600. The number of aryl methyl sites for hydroxylation is 2. The monoisotopic (exact) mass is 538 g/mol. The van der Waals surface area contributed by atoms with Crippen LogP contribution in [0.3, 0.4) is 0 Å². The highest BCUT2D eigenvalue weighted by Crippen LogP contribution is 2.37. The Morgan fingerprint density at radius 3 is 1.55 bits per heavy atom. The van der Waals surface area contributed by atoms with Gasteiger partial charge in [0.1, 0.15) is 23.0 Å². The van der Waals surface area contributed by atoms with E-state index in [1.807, 2.05) is 6.92 Å². The van der Waals surface area contributed by atoms with Crippen LogP contribution in [-0.4, -0.2) is 15.6 Å². The van der Waals surface area contributed by atoms with Crippen LogP contribution in [-0.2, 0) is 4.79 Å². The molecule has 2 heterocycles. The number of carbonyl (C=O) groups excluding carboxylic acids is 1. The topological polar surface area (TPSA) is 130 Å². The van der Waals surface area contributed by atoms with Crippen LogP contribution in [0.25, 0.3) is 34.8 Å². The molecule has 2 aromatic carbocycles. The zero-order chi connectivity index (χ0) is 28.6. The molecule has 0 spiro atoms. The minimum absolute atomic E-state index is 0.0464. The number of benzene rings is 2. The van der Waals surface area contributed by atoms with E-state index in [1.54, 1.807) is 74.5 Å². The van der Waals surface area contributed by atoms with Crippen molar-refractivity contribution < 1.29 is 23.5 Å². The maximum atomic E-state index is 13.4. The number of ketones is 1. The molecule has 9 nitrogen and oxygen atoms in total. The number of nitro groups is 2. The van der Waals surface area contributed by atoms with Crippen LogP contribution in [0.1, 0.15) is 42.4 Å². The molecular weight excluding hydrogens is 512 g/mol. The fourth-order valence-electron chi connectivity index (χ4n) is 4.96. The van der Waals surface area contributed by atoms with Gasteiger partial charge in [0.25, 0.3) is 11.4 Å². The summed E-state index contributed by atoms with van der Waals surface area (Å²) in [6, 6.07) is 16.6. The lowest BCUT2D eigenvalue weighted by atomic mass is 9.81. The first kappa shape index (κ1) is 26.6. The average Bonchev–Trinajstić information content (AvgIpc) is 3.56. The maximum absolute atomic E-state index is 13.4. The zero-order valence-electron chi connectivity index (χ0n) is 22.2. The third kappa shape index (κ3) is 5.40. The second-order valence-corrected chi connectivity index (χ2v) is 10.1. The lowest BCUT2D eigenvalue weighted by Crippen LogP contribution is -2.18. The second kappa shape index (κ2) is 10.6. The van der Waals surface area contributed by atoms with Crippen LogP contribution in [0.15, 0.2) is 80.6 Å². The minimum Gasteiger partial charge on any atom is -0.456 e. The summed E-state index contributed by atoms with van der Waals surface area (Å²) in [6.45, 7) is 5.61. The smallest absolute Gasteiger partial charge is 0.280 e. The van der Waals surface area contributed by atoms with E-state index in [9.17, 15) is 25.0 Å². The molecule has 0 radical (unpaired) electrons. The van der Waals surface area contributed by atoms with E-state index in [1.165, 1.54) is 12.1 Å². The summed E-state index contributed by atoms with van der Waals surface area (Å²) in [7, 11) is 0. The molecule has 0 aliphatic heterocycles. The Kier molecular flexibility index (Phi) is 7.04. The largest absolute Gasteiger partial charge is 0.456 e. The van der Waals surface area contributed by atoms with Gasteiger partial charge >= 0.3 is 0 Å². The highest BCUT2D eigenvalue weighted by atomic mass is 16.6. The van der Waals surface area contributed by atoms with E-state index >= 15 is 0 Å². The molecule has 4 aromatic rings. The van der Waals surface area contributed by atoms with Gasteiger partial charge in [0.15, 0.2) is 5.78 Å². The highest BCUT2D eigenvalue weighted by Gasteiger charge is 2.27. The van der Waals surface area contributed by atoms with Crippen molar-refractivity contribution in [2.24, 2.45) is 5.92 Å². The number of furan rings is 2. The molecule has 0 unspecified atom stereocenters. The molecule has 1 fully saturated rings. The van der Waals surface area contributed by atoms with Crippen molar-refractivity contribution in [1.29, 1.82) is 0 Å². The van der Waals surface area contributed by atoms with Gasteiger partial charge in [-0.05, 0) is 92.3 Å². The average molecular weight is 539 g/mol. The Balaban J connectivity index is 1.42. The first-order valence-corrected chi connectivity index (χ1v) is 12.8. The zero-order valence-corrected chi connectivity index (χ0v) is 22.2. The van der Waals surface area contributed by atoms with Crippen LogP contribution in [0.4, 0.5) is 11.4 Å². The second-order valence-electron chi connectivity index (χ2n) is 10.1. The summed E-state index contributed by atoms with van der Waals surface area (Å²) in [5.74, 6) is 1.58. The van der Waals surface area contributed by atoms with Crippen LogP contribution in [0, 0.1) is 40.0 Å². The Labute approximate surface area is 229 Å². The molecule has 0 atom stereocenters. The molecule has 1 aliphatic carbocycles. The maximum Gasteiger partial charge on any atom is 0.280 e.